The number of hydrogen-bond acceptors (Lipinski definition) is 7. The fraction of sp³-hybridized carbons (Fsp3) is 0.174. The van der Waals surface area contributed by atoms with Crippen LogP contribution in [0.25, 0.3) is 10.2 Å². The number of anilines is 1. The minimum atomic E-state index is -0.246. The number of nitrogens with zero attached hydrogens (tertiary/aromatic N) is 3. The number of carbonyl (C=O) groups excluding carboxylic acids is 1. The van der Waals surface area contributed by atoms with Crippen LogP contribution in [0.3, 0.4) is 0 Å². The number of carbonyl (C=O) groups is 1. The first-order chi connectivity index (χ1) is 15.1. The van der Waals surface area contributed by atoms with Crippen molar-refractivity contribution < 1.29 is 19.0 Å². The van der Waals surface area contributed by atoms with Crippen molar-refractivity contribution in [1.82, 2.24) is 9.97 Å². The Kier molecular flexibility index (Phi) is 5.99. The molecule has 0 saturated carbocycles. The number of fused-ring (bicyclic) bond motifs is 1. The lowest BCUT2D eigenvalue weighted by Gasteiger charge is -2.21. The number of rotatable bonds is 7. The smallest absolute Gasteiger partial charge is 0.260 e. The van der Waals surface area contributed by atoms with Gasteiger partial charge in [-0.05, 0) is 36.4 Å². The van der Waals surface area contributed by atoms with Crippen molar-refractivity contribution in [1.29, 1.82) is 0 Å². The van der Waals surface area contributed by atoms with Crippen LogP contribution >= 0.6 is 11.3 Å². The number of thiazole rings is 1. The standard InChI is InChI=1S/C23H21N3O4S/c1-28-18-12-15(13-19(29-2)21(18)30-3)22(27)26(14-16-8-6-7-11-24-16)23-25-17-9-4-5-10-20(17)31-23/h4-13H,14H2,1-3H3. The highest BCUT2D eigenvalue weighted by molar-refractivity contribution is 7.22. The molecule has 0 atom stereocenters. The highest BCUT2D eigenvalue weighted by Crippen LogP contribution is 2.39. The maximum atomic E-state index is 13.7. The molecule has 0 fully saturated rings. The first kappa shape index (κ1) is 20.6. The third-order valence-electron chi connectivity index (χ3n) is 4.72. The fourth-order valence-corrected chi connectivity index (χ4v) is 4.18. The summed E-state index contributed by atoms with van der Waals surface area (Å²) in [6, 6.07) is 16.7. The second-order valence-electron chi connectivity index (χ2n) is 6.59. The largest absolute Gasteiger partial charge is 0.493 e. The van der Waals surface area contributed by atoms with Gasteiger partial charge in [0.2, 0.25) is 5.75 Å². The third kappa shape index (κ3) is 4.15. The van der Waals surface area contributed by atoms with Crippen LogP contribution in [-0.2, 0) is 6.54 Å². The van der Waals surface area contributed by atoms with Crippen LogP contribution in [0.1, 0.15) is 16.1 Å². The molecule has 158 valence electrons. The second kappa shape index (κ2) is 9.01. The van der Waals surface area contributed by atoms with Crippen LogP contribution in [-0.4, -0.2) is 37.2 Å². The van der Waals surface area contributed by atoms with Gasteiger partial charge in [0.05, 0.1) is 43.8 Å². The molecule has 2 heterocycles. The van der Waals surface area contributed by atoms with Gasteiger partial charge in [-0.25, -0.2) is 4.98 Å². The summed E-state index contributed by atoms with van der Waals surface area (Å²) < 4.78 is 17.2. The van der Waals surface area contributed by atoms with Gasteiger partial charge >= 0.3 is 0 Å². The van der Waals surface area contributed by atoms with Gasteiger partial charge in [0.1, 0.15) is 0 Å². The Morgan fingerprint density at radius 2 is 1.68 bits per heavy atom. The molecule has 0 aliphatic heterocycles. The first-order valence-corrected chi connectivity index (χ1v) is 10.3. The number of para-hydroxylation sites is 1. The quantitative estimate of drug-likeness (QED) is 0.424. The minimum absolute atomic E-state index is 0.246. The van der Waals surface area contributed by atoms with Crippen molar-refractivity contribution in [3.63, 3.8) is 0 Å². The Hall–Kier alpha value is -3.65. The Bertz CT molecular complexity index is 1150. The molecule has 4 rings (SSSR count). The summed E-state index contributed by atoms with van der Waals surface area (Å²) in [5, 5.41) is 0.589. The van der Waals surface area contributed by atoms with Gasteiger partial charge in [-0.3, -0.25) is 14.7 Å². The predicted molar refractivity (Wildman–Crippen MR) is 120 cm³/mol. The molecule has 4 aromatic rings. The maximum absolute atomic E-state index is 13.7. The summed E-state index contributed by atoms with van der Waals surface area (Å²) in [4.78, 5) is 24.4. The third-order valence-corrected chi connectivity index (χ3v) is 5.78. The average molecular weight is 436 g/mol. The van der Waals surface area contributed by atoms with E-state index in [1.807, 2.05) is 42.5 Å². The molecular weight excluding hydrogens is 414 g/mol. The van der Waals surface area contributed by atoms with Gasteiger partial charge in [0, 0.05) is 11.8 Å². The van der Waals surface area contributed by atoms with Crippen molar-refractivity contribution in [3.05, 3.63) is 72.1 Å². The minimum Gasteiger partial charge on any atom is -0.493 e. The molecule has 0 saturated heterocycles. The lowest BCUT2D eigenvalue weighted by Crippen LogP contribution is -2.30. The highest BCUT2D eigenvalue weighted by atomic mass is 32.1. The molecule has 0 aliphatic carbocycles. The number of benzene rings is 2. The van der Waals surface area contributed by atoms with E-state index in [1.165, 1.54) is 32.7 Å². The van der Waals surface area contributed by atoms with E-state index >= 15 is 0 Å². The van der Waals surface area contributed by atoms with E-state index in [-0.39, 0.29) is 12.5 Å². The van der Waals surface area contributed by atoms with E-state index in [0.29, 0.717) is 27.9 Å². The summed E-state index contributed by atoms with van der Waals surface area (Å²) in [6.45, 7) is 0.274. The summed E-state index contributed by atoms with van der Waals surface area (Å²) in [6.07, 6.45) is 1.70. The van der Waals surface area contributed by atoms with Gasteiger partial charge in [-0.1, -0.05) is 29.5 Å². The van der Waals surface area contributed by atoms with Gasteiger partial charge < -0.3 is 14.2 Å². The Morgan fingerprint density at radius 1 is 0.968 bits per heavy atom. The topological polar surface area (TPSA) is 73.8 Å². The molecule has 7 nitrogen and oxygen atoms in total. The number of methoxy groups -OCH3 is 3. The number of aromatic nitrogens is 2. The van der Waals surface area contributed by atoms with Crippen LogP contribution in [0, 0.1) is 0 Å². The van der Waals surface area contributed by atoms with Gasteiger partial charge in [-0.2, -0.15) is 0 Å². The van der Waals surface area contributed by atoms with Crippen LogP contribution in [0.2, 0.25) is 0 Å². The molecule has 0 spiro atoms. The number of pyridine rings is 1. The van der Waals surface area contributed by atoms with E-state index in [1.54, 1.807) is 23.2 Å². The van der Waals surface area contributed by atoms with Crippen molar-refractivity contribution in [2.24, 2.45) is 0 Å². The molecule has 2 aromatic carbocycles. The molecule has 0 N–H and O–H groups in total. The van der Waals surface area contributed by atoms with Crippen LogP contribution < -0.4 is 19.1 Å². The molecule has 0 unspecified atom stereocenters. The van der Waals surface area contributed by atoms with Crippen molar-refractivity contribution in [3.8, 4) is 17.2 Å². The van der Waals surface area contributed by atoms with Crippen molar-refractivity contribution >= 4 is 32.6 Å². The summed E-state index contributed by atoms with van der Waals surface area (Å²) in [5.74, 6) is 1.00. The first-order valence-electron chi connectivity index (χ1n) is 9.52. The van der Waals surface area contributed by atoms with Crippen molar-refractivity contribution in [2.45, 2.75) is 6.54 Å². The zero-order valence-electron chi connectivity index (χ0n) is 17.4. The molecule has 1 amide bonds. The van der Waals surface area contributed by atoms with Crippen molar-refractivity contribution in [2.75, 3.05) is 26.2 Å². The lowest BCUT2D eigenvalue weighted by atomic mass is 10.1. The molecule has 0 radical (unpaired) electrons. The number of ether oxygens (including phenoxy) is 3. The maximum Gasteiger partial charge on any atom is 0.260 e. The van der Waals surface area contributed by atoms with E-state index in [0.717, 1.165) is 15.9 Å². The van der Waals surface area contributed by atoms with Gasteiger partial charge in [-0.15, -0.1) is 0 Å². The summed E-state index contributed by atoms with van der Waals surface area (Å²) in [5.41, 5.74) is 1.98. The SMILES string of the molecule is COc1cc(C(=O)N(Cc2ccccn2)c2nc3ccccc3s2)cc(OC)c1OC. The van der Waals surface area contributed by atoms with Crippen LogP contribution in [0.5, 0.6) is 17.2 Å². The summed E-state index contributed by atoms with van der Waals surface area (Å²) in [7, 11) is 4.56. The van der Waals surface area contributed by atoms with Gasteiger partial charge in [0.25, 0.3) is 5.91 Å². The van der Waals surface area contributed by atoms with E-state index in [4.69, 9.17) is 14.2 Å². The molecular formula is C23H21N3O4S. The fourth-order valence-electron chi connectivity index (χ4n) is 3.22. The normalized spacial score (nSPS) is 10.7. The Labute approximate surface area is 183 Å². The van der Waals surface area contributed by atoms with E-state index in [9.17, 15) is 4.79 Å². The lowest BCUT2D eigenvalue weighted by molar-refractivity contribution is 0.0984. The molecule has 0 aliphatic rings. The molecule has 0 bridgehead atoms. The van der Waals surface area contributed by atoms with Crippen LogP contribution in [0.4, 0.5) is 5.13 Å². The summed E-state index contributed by atoms with van der Waals surface area (Å²) >= 11 is 1.45. The monoisotopic (exact) mass is 435 g/mol. The zero-order valence-corrected chi connectivity index (χ0v) is 18.2. The second-order valence-corrected chi connectivity index (χ2v) is 7.60. The van der Waals surface area contributed by atoms with E-state index in [2.05, 4.69) is 9.97 Å². The van der Waals surface area contributed by atoms with Gasteiger partial charge in [0.15, 0.2) is 16.6 Å². The highest BCUT2D eigenvalue weighted by Gasteiger charge is 2.25. The number of amides is 1. The molecule has 2 aromatic heterocycles. The average Bonchev–Trinajstić information content (AvgIpc) is 3.25. The Morgan fingerprint density at radius 3 is 2.29 bits per heavy atom. The molecule has 8 heteroatoms. The van der Waals surface area contributed by atoms with Crippen LogP contribution in [0.15, 0.2) is 60.8 Å². The Balaban J connectivity index is 1.80. The van der Waals surface area contributed by atoms with E-state index < -0.39 is 0 Å². The number of hydrogen-bond donors (Lipinski definition) is 0. The predicted octanol–water partition coefficient (Wildman–Crippen LogP) is 4.56. The zero-order chi connectivity index (χ0) is 21.8. The molecule has 31 heavy (non-hydrogen) atoms.